The topological polar surface area (TPSA) is 37.3 Å². The van der Waals surface area contributed by atoms with E-state index in [0.29, 0.717) is 11.1 Å². The molecule has 2 nitrogen and oxygen atoms in total. The molecule has 0 bridgehead atoms. The minimum atomic E-state index is -0.916. The van der Waals surface area contributed by atoms with E-state index in [1.54, 1.807) is 24.3 Å². The highest BCUT2D eigenvalue weighted by Gasteiger charge is 2.05. The van der Waals surface area contributed by atoms with E-state index in [1.807, 2.05) is 36.4 Å². The number of benzene rings is 2. The predicted molar refractivity (Wildman–Crippen MR) is 82.8 cm³/mol. The van der Waals surface area contributed by atoms with Crippen molar-refractivity contribution in [3.8, 4) is 0 Å². The minimum Gasteiger partial charge on any atom is -0.478 e. The molecule has 19 heavy (non-hydrogen) atoms. The first kappa shape index (κ1) is 15.1. The van der Waals surface area contributed by atoms with Crippen LogP contribution in [-0.4, -0.2) is 11.1 Å². The van der Waals surface area contributed by atoms with Crippen molar-refractivity contribution in [1.29, 1.82) is 0 Å². The highest BCUT2D eigenvalue weighted by molar-refractivity contribution is 7.80. The molecule has 1 N–H and O–H groups in total. The van der Waals surface area contributed by atoms with E-state index in [0.717, 1.165) is 10.5 Å². The lowest BCUT2D eigenvalue weighted by atomic mass is 10.1. The Bertz CT molecular complexity index is 586. The Kier molecular flexibility index (Phi) is 5.39. The van der Waals surface area contributed by atoms with Crippen molar-refractivity contribution in [3.63, 3.8) is 0 Å². The van der Waals surface area contributed by atoms with Gasteiger partial charge in [0.05, 0.1) is 5.56 Å². The Balaban J connectivity index is 0.00000180. The summed E-state index contributed by atoms with van der Waals surface area (Å²) in [6.45, 7) is 0. The normalized spacial score (nSPS) is 10.2. The smallest absolute Gasteiger partial charge is 0.336 e. The van der Waals surface area contributed by atoms with Crippen LogP contribution in [0.4, 0.5) is 0 Å². The Morgan fingerprint density at radius 1 is 1.00 bits per heavy atom. The zero-order valence-corrected chi connectivity index (χ0v) is 10.5. The van der Waals surface area contributed by atoms with Crippen LogP contribution in [0, 0.1) is 0 Å². The Labute approximate surface area is 118 Å². The van der Waals surface area contributed by atoms with Gasteiger partial charge in [0.2, 0.25) is 0 Å². The van der Waals surface area contributed by atoms with Crippen molar-refractivity contribution in [1.82, 2.24) is 0 Å². The van der Waals surface area contributed by atoms with Crippen LogP contribution < -0.4 is 0 Å². The van der Waals surface area contributed by atoms with Gasteiger partial charge in [0.15, 0.2) is 0 Å². The molecule has 0 atom stereocenters. The summed E-state index contributed by atoms with van der Waals surface area (Å²) in [4.78, 5) is 11.9. The zero-order chi connectivity index (χ0) is 13.0. The maximum absolute atomic E-state index is 11.0. The summed E-state index contributed by atoms with van der Waals surface area (Å²) in [7, 11) is 0. The second kappa shape index (κ2) is 6.81. The van der Waals surface area contributed by atoms with Crippen molar-refractivity contribution in [2.75, 3.05) is 0 Å². The first-order valence-corrected chi connectivity index (χ1v) is 5.91. The van der Waals surface area contributed by atoms with Gasteiger partial charge in [-0.2, -0.15) is 0 Å². The predicted octanol–water partition coefficient (Wildman–Crippen LogP) is 4.48. The molecule has 2 rings (SSSR count). The lowest BCUT2D eigenvalue weighted by molar-refractivity contribution is 0.0696. The zero-order valence-electron chi connectivity index (χ0n) is 9.58. The molecular weight excluding hydrogens is 256 g/mol. The molecule has 98 valence electrons. The molecule has 0 aliphatic heterocycles. The first-order valence-electron chi connectivity index (χ1n) is 5.46. The van der Waals surface area contributed by atoms with Gasteiger partial charge in [-0.25, -0.2) is 4.79 Å². The third kappa shape index (κ3) is 4.00. The number of carboxylic acids is 1. The summed E-state index contributed by atoms with van der Waals surface area (Å²) in [5.41, 5.74) is 2.01. The number of thiol groups is 1. The fraction of sp³-hybridized carbons (Fsp3) is 0.0625. The molecule has 3 heteroatoms. The van der Waals surface area contributed by atoms with E-state index in [-0.39, 0.29) is 7.43 Å². The fourth-order valence-electron chi connectivity index (χ4n) is 1.61. The van der Waals surface area contributed by atoms with E-state index in [9.17, 15) is 4.79 Å². The molecule has 0 heterocycles. The molecular formula is C16H16O2S. The van der Waals surface area contributed by atoms with Crippen molar-refractivity contribution < 1.29 is 9.90 Å². The summed E-state index contributed by atoms with van der Waals surface area (Å²) >= 11 is 4.21. The van der Waals surface area contributed by atoms with E-state index in [1.165, 1.54) is 0 Å². The molecule has 0 aliphatic rings. The fourth-order valence-corrected chi connectivity index (χ4v) is 1.76. The van der Waals surface area contributed by atoms with Gasteiger partial charge in [0.1, 0.15) is 0 Å². The van der Waals surface area contributed by atoms with Gasteiger partial charge in [-0.3, -0.25) is 0 Å². The maximum Gasteiger partial charge on any atom is 0.336 e. The third-order valence-corrected chi connectivity index (χ3v) is 2.84. The molecule has 0 fully saturated rings. The Morgan fingerprint density at radius 3 is 2.26 bits per heavy atom. The lowest BCUT2D eigenvalue weighted by Crippen LogP contribution is -1.98. The lowest BCUT2D eigenvalue weighted by Gasteiger charge is -2.00. The number of carbonyl (C=O) groups is 1. The third-order valence-electron chi connectivity index (χ3n) is 2.54. The number of rotatable bonds is 3. The van der Waals surface area contributed by atoms with E-state index >= 15 is 0 Å². The first-order chi connectivity index (χ1) is 8.66. The highest BCUT2D eigenvalue weighted by atomic mass is 32.1. The second-order valence-electron chi connectivity index (χ2n) is 3.82. The van der Waals surface area contributed by atoms with Crippen molar-refractivity contribution in [2.45, 2.75) is 12.3 Å². The monoisotopic (exact) mass is 272 g/mol. The van der Waals surface area contributed by atoms with Gasteiger partial charge in [-0.15, -0.1) is 12.6 Å². The van der Waals surface area contributed by atoms with E-state index < -0.39 is 5.97 Å². The standard InChI is InChI=1S/C15H12O2S.CH4/c16-15(17)14-4-2-1-3-12(14)8-5-11-6-9-13(18)10-7-11;/h1-10,18H,(H,16,17);1H4. The Hall–Kier alpha value is -2.00. The van der Waals surface area contributed by atoms with Gasteiger partial charge in [-0.05, 0) is 29.3 Å². The van der Waals surface area contributed by atoms with Crippen LogP contribution >= 0.6 is 12.6 Å². The number of aromatic carboxylic acids is 1. The van der Waals surface area contributed by atoms with Crippen LogP contribution in [0.2, 0.25) is 0 Å². The minimum absolute atomic E-state index is 0. The highest BCUT2D eigenvalue weighted by Crippen LogP contribution is 2.14. The van der Waals surface area contributed by atoms with Gasteiger partial charge < -0.3 is 5.11 Å². The molecule has 0 spiro atoms. The van der Waals surface area contributed by atoms with Crippen LogP contribution in [0.5, 0.6) is 0 Å². The molecule has 2 aromatic rings. The average molecular weight is 272 g/mol. The molecule has 2 aromatic carbocycles. The molecule has 0 aliphatic carbocycles. The molecule has 0 unspecified atom stereocenters. The largest absolute Gasteiger partial charge is 0.478 e. The van der Waals surface area contributed by atoms with Crippen LogP contribution in [0.1, 0.15) is 28.9 Å². The Morgan fingerprint density at radius 2 is 1.63 bits per heavy atom. The van der Waals surface area contributed by atoms with Gasteiger partial charge in [0, 0.05) is 4.90 Å². The molecule has 0 radical (unpaired) electrons. The van der Waals surface area contributed by atoms with Gasteiger partial charge in [-0.1, -0.05) is 49.9 Å². The van der Waals surface area contributed by atoms with E-state index in [4.69, 9.17) is 5.11 Å². The molecule has 0 saturated heterocycles. The van der Waals surface area contributed by atoms with Crippen molar-refractivity contribution >= 4 is 30.8 Å². The summed E-state index contributed by atoms with van der Waals surface area (Å²) < 4.78 is 0. The van der Waals surface area contributed by atoms with Crippen LogP contribution in [0.3, 0.4) is 0 Å². The number of hydrogen-bond donors (Lipinski definition) is 2. The van der Waals surface area contributed by atoms with Gasteiger partial charge in [0.25, 0.3) is 0 Å². The summed E-state index contributed by atoms with van der Waals surface area (Å²) in [5.74, 6) is -0.916. The maximum atomic E-state index is 11.0. The van der Waals surface area contributed by atoms with Crippen LogP contribution in [0.25, 0.3) is 12.2 Å². The van der Waals surface area contributed by atoms with Crippen molar-refractivity contribution in [3.05, 3.63) is 65.2 Å². The summed E-state index contributed by atoms with van der Waals surface area (Å²) in [6.07, 6.45) is 3.69. The van der Waals surface area contributed by atoms with Crippen LogP contribution in [-0.2, 0) is 0 Å². The summed E-state index contributed by atoms with van der Waals surface area (Å²) in [5, 5.41) is 9.06. The van der Waals surface area contributed by atoms with E-state index in [2.05, 4.69) is 12.6 Å². The van der Waals surface area contributed by atoms with Gasteiger partial charge >= 0.3 is 5.97 Å². The average Bonchev–Trinajstić information content (AvgIpc) is 2.38. The number of hydrogen-bond acceptors (Lipinski definition) is 2. The van der Waals surface area contributed by atoms with Crippen LogP contribution in [0.15, 0.2) is 53.4 Å². The molecule has 0 saturated carbocycles. The SMILES string of the molecule is C.O=C(O)c1ccccc1C=Cc1ccc(S)cc1. The number of carboxylic acid groups (broad SMARTS) is 1. The second-order valence-corrected chi connectivity index (χ2v) is 4.33. The quantitative estimate of drug-likeness (QED) is 0.638. The molecule has 0 amide bonds. The molecule has 0 aromatic heterocycles. The summed E-state index contributed by atoms with van der Waals surface area (Å²) in [6, 6.07) is 14.6. The van der Waals surface area contributed by atoms with Crippen molar-refractivity contribution in [2.24, 2.45) is 0 Å².